The highest BCUT2D eigenvalue weighted by Crippen LogP contribution is 2.50. The summed E-state index contributed by atoms with van der Waals surface area (Å²) in [6, 6.07) is -0.679. The quantitative estimate of drug-likeness (QED) is 0.0743. The van der Waals surface area contributed by atoms with Crippen LogP contribution in [0.4, 0.5) is 0 Å². The second kappa shape index (κ2) is 30.2. The third-order valence-corrected chi connectivity index (χ3v) is 18.4. The lowest BCUT2D eigenvalue weighted by Crippen LogP contribution is -2.64. The van der Waals surface area contributed by atoms with Crippen LogP contribution in [0.2, 0.25) is 10.0 Å². The fraction of sp³-hybridized carbons (Fsp3) is 0.424. The number of carboxylic acids is 1. The van der Waals surface area contributed by atoms with E-state index in [2.05, 4.69) is 37.2 Å². The van der Waals surface area contributed by atoms with Gasteiger partial charge in [0.15, 0.2) is 29.9 Å². The second-order valence-corrected chi connectivity index (χ2v) is 26.5. The molecule has 18 atom stereocenters. The molecular formula is C66H75Cl2N9O24. The summed E-state index contributed by atoms with van der Waals surface area (Å²) >= 11 is 14.1. The monoisotopic (exact) mass is 1450 g/mol. The average molecular weight is 1450 g/mol. The van der Waals surface area contributed by atoms with Gasteiger partial charge in [-0.2, -0.15) is 0 Å². The van der Waals surface area contributed by atoms with Crippen molar-refractivity contribution in [3.05, 3.63) is 117 Å². The van der Waals surface area contributed by atoms with Gasteiger partial charge in [0.25, 0.3) is 0 Å². The maximum Gasteiger partial charge on any atom is 0.330 e. The number of benzene rings is 5. The Morgan fingerprint density at radius 2 is 1.32 bits per heavy atom. The molecule has 5 aromatic rings. The van der Waals surface area contributed by atoms with Crippen molar-refractivity contribution in [1.29, 1.82) is 0 Å². The highest BCUT2D eigenvalue weighted by atomic mass is 35.5. The molecule has 7 heterocycles. The van der Waals surface area contributed by atoms with Crippen LogP contribution >= 0.6 is 23.2 Å². The maximum atomic E-state index is 16.0. The lowest BCUT2D eigenvalue weighted by molar-refractivity contribution is -0.333. The number of nitrogens with one attached hydrogen (secondary N) is 7. The third-order valence-electron chi connectivity index (χ3n) is 17.8. The molecule has 2 saturated heterocycles. The molecule has 101 heavy (non-hydrogen) atoms. The number of hydrogen-bond donors (Lipinski definition) is 19. The van der Waals surface area contributed by atoms with Crippen molar-refractivity contribution >= 4 is 70.5 Å². The number of aliphatic hydroxyl groups is 6. The van der Waals surface area contributed by atoms with Crippen molar-refractivity contribution in [3.8, 4) is 57.1 Å². The second-order valence-electron chi connectivity index (χ2n) is 25.7. The SMILES string of the molecule is CN[C@H](CC(C)C)C(=O)N[C@H]1C(=O)N[C@@H](CC(N)=O)C(=O)N[C@H]2C(=O)N[C@H]3C(=O)N[C@H](C(=O)N[C@H](C(=O)O)c4cc(O)cc(O)c4-c4cc3ccc4O)[C@H](O)c3ccc(c(Cl)c3)Oc3cc2cc(c3O[C@@H]2O[C@H](CO)[C@@H](O)[C@H](O)C2O[C@H]2C[C@](C)(N)[C@H](O)[C@H](C)O2)Oc2ccc(cc2Cl)[C@H]1O. The smallest absolute Gasteiger partial charge is 0.330 e. The van der Waals surface area contributed by atoms with Gasteiger partial charge >= 0.3 is 5.97 Å². The number of carboxylic acid groups (broad SMARTS) is 1. The fourth-order valence-electron chi connectivity index (χ4n) is 12.5. The standard InChI is InChI=1S/C66H75Cl2N9O24/c1-23(2)12-34(71-5)58(88)76-49-51(83)26-7-10-38(32(67)14-26)97-40-16-28-17-41(55(40)101-65-56(54(86)53(85)42(22-78)99-65)100-44-21-66(4,70)57(87)24(3)96-44)98-39-11-8-27(15-33(39)68)52(84)50-63(93)75-48(64(94)95)31-18-29(79)19-37(81)45(31)30-13-25(6-9-36(30)80)46(60(90)77-50)74-61(91)47(28)73-59(89)35(20-43(69)82)72-62(49)92/h6-11,13-19,23-24,34-35,42,44,46-54,56-57,65,71,78-81,83-87H,12,20-22,70H2,1-5H3,(H2,69,82)(H,72,92)(H,73,89)(H,74,91)(H,75,93)(H,76,88)(H,77,90)(H,94,95)/t24-,34+,35-,42+,44-,46+,47+,48-,49+,50-,51+,52+,53+,54-,56?,57+,65-,66-/m0/s1. The number of aliphatic hydroxyl groups excluding tert-OH is 6. The van der Waals surface area contributed by atoms with Gasteiger partial charge in [-0.3, -0.25) is 33.6 Å². The maximum absolute atomic E-state index is 16.0. The molecule has 542 valence electrons. The van der Waals surface area contributed by atoms with Gasteiger partial charge in [-0.15, -0.1) is 0 Å². The van der Waals surface area contributed by atoms with Crippen LogP contribution in [0, 0.1) is 5.92 Å². The number of phenolic OH excluding ortho intramolecular Hbond substituents is 3. The first kappa shape index (κ1) is 74.5. The largest absolute Gasteiger partial charge is 0.508 e. The molecule has 12 rings (SSSR count). The first-order valence-corrected chi connectivity index (χ1v) is 32.4. The number of carbonyl (C=O) groups excluding carboxylic acids is 7. The van der Waals surface area contributed by atoms with Crippen molar-refractivity contribution in [1.82, 2.24) is 37.2 Å². The number of aromatic hydroxyl groups is 3. The van der Waals surface area contributed by atoms with Crippen LogP contribution in [0.1, 0.15) is 105 Å². The number of aliphatic carboxylic acids is 1. The molecule has 33 nitrogen and oxygen atoms in total. The number of halogens is 2. The van der Waals surface area contributed by atoms with E-state index in [1.807, 2.05) is 13.8 Å². The van der Waals surface area contributed by atoms with Crippen molar-refractivity contribution in [2.45, 2.75) is 156 Å². The van der Waals surface area contributed by atoms with Gasteiger partial charge in [0, 0.05) is 34.7 Å². The van der Waals surface area contributed by atoms with E-state index in [1.165, 1.54) is 33.0 Å². The van der Waals surface area contributed by atoms with Crippen molar-refractivity contribution < 1.29 is 118 Å². The van der Waals surface area contributed by atoms with Crippen LogP contribution in [0.3, 0.4) is 0 Å². The van der Waals surface area contributed by atoms with Crippen LogP contribution in [-0.4, -0.2) is 191 Å². The molecule has 35 heteroatoms. The van der Waals surface area contributed by atoms with E-state index in [9.17, 15) is 75.0 Å². The number of ether oxygens (including phenoxy) is 6. The summed E-state index contributed by atoms with van der Waals surface area (Å²) in [5.74, 6) is -16.0. The van der Waals surface area contributed by atoms with Gasteiger partial charge < -0.3 is 128 Å². The predicted molar refractivity (Wildman–Crippen MR) is 349 cm³/mol. The number of fused-ring (bicyclic) bond motifs is 15. The molecule has 1 unspecified atom stereocenters. The minimum Gasteiger partial charge on any atom is -0.508 e. The molecule has 0 saturated carbocycles. The molecule has 21 N–H and O–H groups in total. The first-order chi connectivity index (χ1) is 47.7. The lowest BCUT2D eigenvalue weighted by atomic mass is 9.86. The van der Waals surface area contributed by atoms with Crippen molar-refractivity contribution in [2.24, 2.45) is 17.4 Å². The normalized spacial score (nSPS) is 29.4. The van der Waals surface area contributed by atoms with Gasteiger partial charge in [-0.25, -0.2) is 4.79 Å². The molecule has 2 fully saturated rings. The van der Waals surface area contributed by atoms with Gasteiger partial charge in [-0.05, 0) is 110 Å². The van der Waals surface area contributed by atoms with E-state index in [1.54, 1.807) is 0 Å². The van der Waals surface area contributed by atoms with Crippen LogP contribution in [-0.2, 0) is 52.6 Å². The summed E-state index contributed by atoms with van der Waals surface area (Å²) in [5.41, 5.74) is 8.00. The number of rotatable bonds is 13. The molecule has 7 aliphatic heterocycles. The molecule has 0 radical (unpaired) electrons. The lowest BCUT2D eigenvalue weighted by Gasteiger charge is -2.47. The topological polar surface area (TPSA) is 530 Å². The Morgan fingerprint density at radius 1 is 0.713 bits per heavy atom. The van der Waals surface area contributed by atoms with Crippen LogP contribution in [0.5, 0.6) is 46.0 Å². The number of primary amides is 1. The average Bonchev–Trinajstić information content (AvgIpc) is 0.775. The summed E-state index contributed by atoms with van der Waals surface area (Å²) in [4.78, 5) is 117. The molecule has 0 spiro atoms. The van der Waals surface area contributed by atoms with E-state index >= 15 is 14.4 Å². The zero-order valence-electron chi connectivity index (χ0n) is 54.3. The van der Waals surface area contributed by atoms with E-state index in [-0.39, 0.29) is 46.2 Å². The molecule has 7 aliphatic rings. The third kappa shape index (κ3) is 15.8. The highest BCUT2D eigenvalue weighted by molar-refractivity contribution is 6.32. The molecule has 11 bridgehead atoms. The molecular weight excluding hydrogens is 1370 g/mol. The summed E-state index contributed by atoms with van der Waals surface area (Å²) in [6.07, 6.45) is -18.6. The summed E-state index contributed by atoms with van der Waals surface area (Å²) in [7, 11) is 1.47. The van der Waals surface area contributed by atoms with E-state index in [0.29, 0.717) is 0 Å². The number of carbonyl (C=O) groups is 8. The van der Waals surface area contributed by atoms with Crippen LogP contribution in [0.25, 0.3) is 11.1 Å². The number of amides is 7. The van der Waals surface area contributed by atoms with E-state index in [4.69, 9.17) is 63.1 Å². The Bertz CT molecular complexity index is 4070. The van der Waals surface area contributed by atoms with Crippen molar-refractivity contribution in [2.75, 3.05) is 13.7 Å². The minimum absolute atomic E-state index is 0.0975. The summed E-state index contributed by atoms with van der Waals surface area (Å²) in [5, 5.41) is 131. The Morgan fingerprint density at radius 3 is 1.90 bits per heavy atom. The Labute approximate surface area is 584 Å². The van der Waals surface area contributed by atoms with E-state index in [0.717, 1.165) is 66.7 Å². The first-order valence-electron chi connectivity index (χ1n) is 31.6. The van der Waals surface area contributed by atoms with Gasteiger partial charge in [-0.1, -0.05) is 55.2 Å². The highest BCUT2D eigenvalue weighted by Gasteiger charge is 2.51. The minimum atomic E-state index is -2.35. The zero-order valence-corrected chi connectivity index (χ0v) is 55.8. The predicted octanol–water partition coefficient (Wildman–Crippen LogP) is 0.106. The number of phenols is 3. The van der Waals surface area contributed by atoms with Gasteiger partial charge in [0.1, 0.15) is 89.5 Å². The van der Waals surface area contributed by atoms with Gasteiger partial charge in [0.05, 0.1) is 41.3 Å². The van der Waals surface area contributed by atoms with E-state index < -0.39 is 237 Å². The number of nitrogens with two attached hydrogens (primary N) is 2. The Kier molecular flexibility index (Phi) is 22.2. The Hall–Kier alpha value is -9.20. The molecule has 7 amide bonds. The van der Waals surface area contributed by atoms with Gasteiger partial charge in [0.2, 0.25) is 53.4 Å². The molecule has 5 aromatic carbocycles. The van der Waals surface area contributed by atoms with Crippen LogP contribution in [0.15, 0.2) is 78.9 Å². The summed E-state index contributed by atoms with van der Waals surface area (Å²) < 4.78 is 38.3. The zero-order chi connectivity index (χ0) is 73.5. The number of likely N-dealkylation sites (N-methyl/N-ethyl adjacent to an activating group) is 1. The number of hydrogen-bond acceptors (Lipinski definition) is 25. The summed E-state index contributed by atoms with van der Waals surface area (Å²) in [6.45, 7) is 5.66. The van der Waals surface area contributed by atoms with Crippen molar-refractivity contribution in [3.63, 3.8) is 0 Å². The molecule has 0 aliphatic carbocycles. The fourth-order valence-corrected chi connectivity index (χ4v) is 12.9. The Balaban J connectivity index is 1.24. The van der Waals surface area contributed by atoms with Crippen LogP contribution < -0.4 is 62.9 Å². The molecule has 0 aromatic heterocycles.